The van der Waals surface area contributed by atoms with E-state index in [0.29, 0.717) is 0 Å². The second kappa shape index (κ2) is 37.6. The molecule has 1 aliphatic rings. The summed E-state index contributed by atoms with van der Waals surface area (Å²) in [7, 11) is 0. The van der Waals surface area contributed by atoms with Gasteiger partial charge in [-0.15, -0.1) is 0 Å². The van der Waals surface area contributed by atoms with E-state index in [1.54, 1.807) is 13.8 Å². The predicted octanol–water partition coefficient (Wildman–Crippen LogP) is 3.60. The lowest BCUT2D eigenvalue weighted by Crippen LogP contribution is -2.14. The first-order chi connectivity index (χ1) is 14.1. The first kappa shape index (κ1) is 42.0. The minimum absolute atomic E-state index is 0.0602. The van der Waals surface area contributed by atoms with Gasteiger partial charge in [0, 0.05) is 0 Å². The Balaban J connectivity index is -0.0000000613. The van der Waals surface area contributed by atoms with Crippen molar-refractivity contribution in [3.8, 4) is 0 Å². The molecule has 0 aromatic rings. The van der Waals surface area contributed by atoms with E-state index in [9.17, 15) is 0 Å². The molecule has 0 radical (unpaired) electrons. The molecule has 0 spiro atoms. The summed E-state index contributed by atoms with van der Waals surface area (Å²) in [4.78, 5) is 42.2. The fourth-order valence-corrected chi connectivity index (χ4v) is 1.17. The van der Waals surface area contributed by atoms with Crippen molar-refractivity contribution in [2.45, 2.75) is 58.2 Å². The molecule has 31 heavy (non-hydrogen) atoms. The van der Waals surface area contributed by atoms with Gasteiger partial charge in [-0.05, 0) is 26.7 Å². The molecule has 1 rings (SSSR count). The van der Waals surface area contributed by atoms with Gasteiger partial charge in [-0.25, -0.2) is 29.0 Å². The van der Waals surface area contributed by atoms with E-state index in [4.69, 9.17) is 81.1 Å². The standard InChI is InChI=1S/C6H12O2.C3H8O2.4CH2O3.H2O2/c7-8-6-4-2-1-3-5-6;1-3(2)5-4;4*2-1(3)4;1-2/h6-7H,1-5H2;3-4H,1-2H3;4*(H2,2,3,4);1-2H. The Morgan fingerprint density at radius 1 is 0.645 bits per heavy atom. The van der Waals surface area contributed by atoms with Gasteiger partial charge in [0.2, 0.25) is 0 Å². The molecule has 18 heteroatoms. The van der Waals surface area contributed by atoms with Crippen LogP contribution in [0, 0.1) is 0 Å². The maximum atomic E-state index is 8.56. The molecule has 1 fully saturated rings. The number of hydrogen-bond donors (Lipinski definition) is 12. The first-order valence-electron chi connectivity index (χ1n) is 7.61. The van der Waals surface area contributed by atoms with Crippen LogP contribution in [0.1, 0.15) is 46.0 Å². The van der Waals surface area contributed by atoms with Gasteiger partial charge in [-0.1, -0.05) is 19.3 Å². The highest BCUT2D eigenvalue weighted by atomic mass is 17.1. The number of rotatable bonds is 2. The van der Waals surface area contributed by atoms with Crippen molar-refractivity contribution >= 4 is 24.6 Å². The van der Waals surface area contributed by atoms with Crippen LogP contribution in [-0.2, 0) is 9.78 Å². The lowest BCUT2D eigenvalue weighted by Gasteiger charge is -2.17. The summed E-state index contributed by atoms with van der Waals surface area (Å²) >= 11 is 0. The first-order valence-corrected chi connectivity index (χ1v) is 7.61. The maximum absolute atomic E-state index is 8.56. The van der Waals surface area contributed by atoms with Gasteiger partial charge in [0.15, 0.2) is 0 Å². The molecule has 1 aliphatic carbocycles. The van der Waals surface area contributed by atoms with Crippen molar-refractivity contribution in [1.82, 2.24) is 0 Å². The monoisotopic (exact) mass is 474 g/mol. The molecule has 18 nitrogen and oxygen atoms in total. The maximum Gasteiger partial charge on any atom is 0.503 e. The summed E-state index contributed by atoms with van der Waals surface area (Å²) in [5, 5.41) is 83.6. The van der Waals surface area contributed by atoms with E-state index in [-0.39, 0.29) is 12.2 Å². The summed E-state index contributed by atoms with van der Waals surface area (Å²) < 4.78 is 0. The number of hydrogen-bond acceptors (Lipinski definition) is 10. The Morgan fingerprint density at radius 3 is 0.935 bits per heavy atom. The number of carbonyl (C=O) groups is 4. The van der Waals surface area contributed by atoms with Crippen LogP contribution >= 0.6 is 0 Å². The summed E-state index contributed by atoms with van der Waals surface area (Å²) in [6, 6.07) is 0. The average Bonchev–Trinajstić information content (AvgIpc) is 2.62. The van der Waals surface area contributed by atoms with Crippen LogP contribution in [0.2, 0.25) is 0 Å². The van der Waals surface area contributed by atoms with E-state index < -0.39 is 24.6 Å². The van der Waals surface area contributed by atoms with Crippen molar-refractivity contribution < 1.29 is 90.8 Å². The normalized spacial score (nSPS) is 10.9. The molecule has 0 heterocycles. The molecule has 0 aromatic heterocycles. The van der Waals surface area contributed by atoms with Gasteiger partial charge >= 0.3 is 24.6 Å². The quantitative estimate of drug-likeness (QED) is 0.200. The van der Waals surface area contributed by atoms with Crippen LogP contribution < -0.4 is 0 Å². The van der Waals surface area contributed by atoms with Gasteiger partial charge in [0.05, 0.1) is 12.2 Å². The minimum atomic E-state index is -1.83. The summed E-state index contributed by atoms with van der Waals surface area (Å²) in [6.45, 7) is 3.50. The topological polar surface area (TPSA) is 330 Å². The molecule has 0 aromatic carbocycles. The van der Waals surface area contributed by atoms with Crippen molar-refractivity contribution in [3.05, 3.63) is 0 Å². The largest absolute Gasteiger partial charge is 0.503 e. The highest BCUT2D eigenvalue weighted by Crippen LogP contribution is 2.18. The molecule has 12 N–H and O–H groups in total. The molecule has 190 valence electrons. The van der Waals surface area contributed by atoms with E-state index in [0.717, 1.165) is 12.8 Å². The summed E-state index contributed by atoms with van der Waals surface area (Å²) in [5.74, 6) is 0. The minimum Gasteiger partial charge on any atom is -0.450 e. The summed E-state index contributed by atoms with van der Waals surface area (Å²) in [6.07, 6.45) is -1.44. The molecule has 0 aliphatic heterocycles. The van der Waals surface area contributed by atoms with E-state index in [1.165, 1.54) is 19.3 Å². The lowest BCUT2D eigenvalue weighted by atomic mass is 9.98. The third-order valence-corrected chi connectivity index (χ3v) is 1.91. The van der Waals surface area contributed by atoms with Gasteiger partial charge < -0.3 is 40.9 Å². The molecule has 1 saturated carbocycles. The average molecular weight is 474 g/mol. The van der Waals surface area contributed by atoms with Gasteiger partial charge in [0.25, 0.3) is 0 Å². The molecule has 0 unspecified atom stereocenters. The van der Waals surface area contributed by atoms with Crippen LogP contribution in [-0.4, -0.2) is 98.7 Å². The Hall–Kier alpha value is -3.16. The highest BCUT2D eigenvalue weighted by molar-refractivity contribution is 5.54. The van der Waals surface area contributed by atoms with Gasteiger partial charge in [-0.3, -0.25) is 21.0 Å². The van der Waals surface area contributed by atoms with Crippen LogP contribution in [0.15, 0.2) is 0 Å². The zero-order valence-corrected chi connectivity index (χ0v) is 16.5. The molecular weight excluding hydrogens is 444 g/mol. The van der Waals surface area contributed by atoms with Crippen molar-refractivity contribution in [3.63, 3.8) is 0 Å². The van der Waals surface area contributed by atoms with Crippen LogP contribution in [0.4, 0.5) is 19.2 Å². The van der Waals surface area contributed by atoms with Gasteiger partial charge in [-0.2, -0.15) is 0 Å². The van der Waals surface area contributed by atoms with Crippen molar-refractivity contribution in [2.75, 3.05) is 0 Å². The Bertz CT molecular complexity index is 328. The van der Waals surface area contributed by atoms with Crippen molar-refractivity contribution in [2.24, 2.45) is 0 Å². The molecule has 0 bridgehead atoms. The Morgan fingerprint density at radius 2 is 0.839 bits per heavy atom. The zero-order chi connectivity index (χ0) is 26.4. The smallest absolute Gasteiger partial charge is 0.450 e. The highest BCUT2D eigenvalue weighted by Gasteiger charge is 2.12. The third kappa shape index (κ3) is 212. The van der Waals surface area contributed by atoms with Crippen molar-refractivity contribution in [1.29, 1.82) is 0 Å². The van der Waals surface area contributed by atoms with Crippen LogP contribution in [0.5, 0.6) is 0 Å². The van der Waals surface area contributed by atoms with Crippen LogP contribution in [0.3, 0.4) is 0 Å². The number of carboxylic acid groups (broad SMARTS) is 8. The molecule has 0 atom stereocenters. The second-order valence-corrected chi connectivity index (χ2v) is 4.65. The zero-order valence-electron chi connectivity index (χ0n) is 16.5. The molecule has 0 saturated heterocycles. The fraction of sp³-hybridized carbons (Fsp3) is 0.692. The second-order valence-electron chi connectivity index (χ2n) is 4.65. The molecule has 0 amide bonds. The third-order valence-electron chi connectivity index (χ3n) is 1.91. The Kier molecular flexibility index (Phi) is 51.0. The summed E-state index contributed by atoms with van der Waals surface area (Å²) in [5.41, 5.74) is 0. The predicted molar refractivity (Wildman–Crippen MR) is 97.3 cm³/mol. The van der Waals surface area contributed by atoms with E-state index in [2.05, 4.69) is 9.78 Å². The Labute approximate surface area is 174 Å². The van der Waals surface area contributed by atoms with Gasteiger partial charge in [0.1, 0.15) is 0 Å². The van der Waals surface area contributed by atoms with Crippen LogP contribution in [0.25, 0.3) is 0 Å². The van der Waals surface area contributed by atoms with E-state index >= 15 is 0 Å². The fourth-order valence-electron chi connectivity index (χ4n) is 1.17. The SMILES string of the molecule is CC(C)OO.O=C(O)O.O=C(O)O.O=C(O)O.O=C(O)O.OO.OOC1CCCCC1. The lowest BCUT2D eigenvalue weighted by molar-refractivity contribution is -0.283. The molecular formula is C13H30O18. The van der Waals surface area contributed by atoms with E-state index in [1.807, 2.05) is 0 Å².